The molecule has 0 aromatic rings. The SMILES string of the molecule is C=C(CC=C([O])OC(C)(C)C)C(=O)OC(C)(C)C. The zero-order valence-corrected chi connectivity index (χ0v) is 12.1. The van der Waals surface area contributed by atoms with Crippen LogP contribution in [0.4, 0.5) is 0 Å². The molecule has 0 bridgehead atoms. The van der Waals surface area contributed by atoms with Crippen LogP contribution in [0.3, 0.4) is 0 Å². The van der Waals surface area contributed by atoms with Gasteiger partial charge in [-0.3, -0.25) is 0 Å². The molecule has 4 heteroatoms. The first-order chi connectivity index (χ1) is 7.91. The molecule has 18 heavy (non-hydrogen) atoms. The molecule has 0 saturated carbocycles. The minimum absolute atomic E-state index is 0.129. The van der Waals surface area contributed by atoms with E-state index in [2.05, 4.69) is 6.58 Å². The average Bonchev–Trinajstić information content (AvgIpc) is 2.08. The smallest absolute Gasteiger partial charge is 0.334 e. The third-order valence-electron chi connectivity index (χ3n) is 1.61. The van der Waals surface area contributed by atoms with Gasteiger partial charge in [0, 0.05) is 18.1 Å². The van der Waals surface area contributed by atoms with Crippen LogP contribution in [0.5, 0.6) is 0 Å². The summed E-state index contributed by atoms with van der Waals surface area (Å²) >= 11 is 0. The highest BCUT2D eigenvalue weighted by Crippen LogP contribution is 2.15. The van der Waals surface area contributed by atoms with E-state index in [0.717, 1.165) is 0 Å². The third-order valence-corrected chi connectivity index (χ3v) is 1.61. The topological polar surface area (TPSA) is 55.4 Å². The summed E-state index contributed by atoms with van der Waals surface area (Å²) in [6.07, 6.45) is 1.42. The number of hydrogen-bond donors (Lipinski definition) is 0. The lowest BCUT2D eigenvalue weighted by Gasteiger charge is -2.20. The standard InChI is InChI=1S/C14H23O4/c1-10(12(16)18-14(5,6)7)8-9-11(15)17-13(2,3)4/h9H,1,8H2,2-7H3. The molecule has 0 aliphatic rings. The second-order valence-electron chi connectivity index (χ2n) is 6.05. The molecule has 0 aliphatic heterocycles. The Morgan fingerprint density at radius 2 is 1.50 bits per heavy atom. The summed E-state index contributed by atoms with van der Waals surface area (Å²) < 4.78 is 10.2. The fourth-order valence-electron chi connectivity index (χ4n) is 0.984. The maximum absolute atomic E-state index is 11.6. The van der Waals surface area contributed by atoms with Crippen molar-refractivity contribution in [2.75, 3.05) is 0 Å². The van der Waals surface area contributed by atoms with Crippen LogP contribution in [0.1, 0.15) is 48.0 Å². The highest BCUT2D eigenvalue weighted by molar-refractivity contribution is 5.88. The number of allylic oxidation sites excluding steroid dienone is 1. The molecule has 0 aliphatic carbocycles. The monoisotopic (exact) mass is 255 g/mol. The van der Waals surface area contributed by atoms with Crippen molar-refractivity contribution < 1.29 is 19.4 Å². The van der Waals surface area contributed by atoms with Crippen LogP contribution in [0, 0.1) is 0 Å². The molecule has 0 rings (SSSR count). The quantitative estimate of drug-likeness (QED) is 0.439. The first-order valence-electron chi connectivity index (χ1n) is 5.88. The van der Waals surface area contributed by atoms with Crippen molar-refractivity contribution in [2.45, 2.75) is 59.2 Å². The molecule has 0 atom stereocenters. The van der Waals surface area contributed by atoms with Crippen molar-refractivity contribution in [2.24, 2.45) is 0 Å². The largest absolute Gasteiger partial charge is 0.457 e. The number of carbonyl (C=O) groups is 1. The Kier molecular flexibility index (Phi) is 5.46. The number of hydrogen-bond acceptors (Lipinski definition) is 3. The van der Waals surface area contributed by atoms with Crippen LogP contribution >= 0.6 is 0 Å². The molecule has 0 spiro atoms. The summed E-state index contributed by atoms with van der Waals surface area (Å²) in [6, 6.07) is 0. The van der Waals surface area contributed by atoms with Gasteiger partial charge in [0.1, 0.15) is 11.2 Å². The molecule has 0 aromatic heterocycles. The Morgan fingerprint density at radius 3 is 1.89 bits per heavy atom. The molecular weight excluding hydrogens is 232 g/mol. The predicted molar refractivity (Wildman–Crippen MR) is 69.2 cm³/mol. The molecule has 0 saturated heterocycles. The van der Waals surface area contributed by atoms with Crippen LogP contribution in [0.25, 0.3) is 0 Å². The summed E-state index contributed by atoms with van der Waals surface area (Å²) in [7, 11) is 0. The van der Waals surface area contributed by atoms with Gasteiger partial charge in [-0.25, -0.2) is 9.90 Å². The minimum Gasteiger partial charge on any atom is -0.457 e. The molecule has 0 N–H and O–H groups in total. The molecule has 0 heterocycles. The summed E-state index contributed by atoms with van der Waals surface area (Å²) in [5, 5.41) is 11.4. The van der Waals surface area contributed by atoms with Gasteiger partial charge in [-0.15, -0.1) is 0 Å². The van der Waals surface area contributed by atoms with E-state index in [1.54, 1.807) is 41.5 Å². The van der Waals surface area contributed by atoms with E-state index in [1.807, 2.05) is 0 Å². The lowest BCUT2D eigenvalue weighted by atomic mass is 10.1. The fraction of sp³-hybridized carbons (Fsp3) is 0.643. The van der Waals surface area contributed by atoms with Crippen LogP contribution in [-0.2, 0) is 19.4 Å². The number of esters is 1. The van der Waals surface area contributed by atoms with Crippen LogP contribution in [0.15, 0.2) is 24.2 Å². The number of carbonyl (C=O) groups excluding carboxylic acids is 1. The zero-order valence-electron chi connectivity index (χ0n) is 12.1. The summed E-state index contributed by atoms with van der Waals surface area (Å²) in [5.41, 5.74) is -0.872. The Bertz CT molecular complexity index is 340. The first-order valence-corrected chi connectivity index (χ1v) is 5.88. The van der Waals surface area contributed by atoms with E-state index in [4.69, 9.17) is 9.47 Å². The van der Waals surface area contributed by atoms with Gasteiger partial charge in [-0.05, 0) is 41.5 Å². The van der Waals surface area contributed by atoms with Crippen molar-refractivity contribution in [3.63, 3.8) is 0 Å². The summed E-state index contributed by atoms with van der Waals surface area (Å²) in [4.78, 5) is 11.6. The minimum atomic E-state index is -0.564. The van der Waals surface area contributed by atoms with Crippen molar-refractivity contribution >= 4 is 5.97 Å². The third kappa shape index (κ3) is 8.67. The van der Waals surface area contributed by atoms with Gasteiger partial charge in [0.2, 0.25) is 0 Å². The van der Waals surface area contributed by atoms with Crippen molar-refractivity contribution in [3.05, 3.63) is 24.2 Å². The van der Waals surface area contributed by atoms with Gasteiger partial charge >= 0.3 is 11.9 Å². The normalized spacial score (nSPS) is 13.1. The molecule has 0 amide bonds. The predicted octanol–water partition coefficient (Wildman–Crippen LogP) is 3.36. The molecule has 103 valence electrons. The van der Waals surface area contributed by atoms with Gasteiger partial charge in [-0.1, -0.05) is 6.58 Å². The molecule has 4 nitrogen and oxygen atoms in total. The lowest BCUT2D eigenvalue weighted by molar-refractivity contribution is -0.149. The molecule has 1 radical (unpaired) electrons. The van der Waals surface area contributed by atoms with Gasteiger partial charge < -0.3 is 9.47 Å². The van der Waals surface area contributed by atoms with Gasteiger partial charge in [-0.2, -0.15) is 0 Å². The van der Waals surface area contributed by atoms with E-state index in [1.165, 1.54) is 6.08 Å². The second-order valence-corrected chi connectivity index (χ2v) is 6.05. The summed E-state index contributed by atoms with van der Waals surface area (Å²) in [5.74, 6) is -0.963. The van der Waals surface area contributed by atoms with Crippen molar-refractivity contribution in [3.8, 4) is 0 Å². The second kappa shape index (κ2) is 5.94. The molecule has 0 fully saturated rings. The molecular formula is C14H23O4. The van der Waals surface area contributed by atoms with E-state index in [9.17, 15) is 9.90 Å². The Labute approximate surface area is 109 Å². The number of rotatable bonds is 4. The fourth-order valence-corrected chi connectivity index (χ4v) is 0.984. The highest BCUT2D eigenvalue weighted by Gasteiger charge is 2.19. The molecule has 0 unspecified atom stereocenters. The van der Waals surface area contributed by atoms with E-state index < -0.39 is 23.1 Å². The average molecular weight is 255 g/mol. The first kappa shape index (κ1) is 16.6. The van der Waals surface area contributed by atoms with Gasteiger partial charge in [0.05, 0.1) is 0 Å². The summed E-state index contributed by atoms with van der Waals surface area (Å²) in [6.45, 7) is 14.3. The maximum Gasteiger partial charge on any atom is 0.334 e. The van der Waals surface area contributed by atoms with Gasteiger partial charge in [0.25, 0.3) is 0 Å². The lowest BCUT2D eigenvalue weighted by Crippen LogP contribution is -2.24. The Balaban J connectivity index is 4.34. The van der Waals surface area contributed by atoms with E-state index >= 15 is 0 Å². The molecule has 0 aromatic carbocycles. The highest BCUT2D eigenvalue weighted by atomic mass is 16.6. The van der Waals surface area contributed by atoms with Crippen LogP contribution < -0.4 is 0 Å². The Morgan fingerprint density at radius 1 is 1.06 bits per heavy atom. The zero-order chi connectivity index (χ0) is 14.6. The number of ether oxygens (including phenoxy) is 2. The maximum atomic E-state index is 11.6. The van der Waals surface area contributed by atoms with Crippen LogP contribution in [0.2, 0.25) is 0 Å². The Hall–Kier alpha value is -1.45. The van der Waals surface area contributed by atoms with E-state index in [0.29, 0.717) is 0 Å². The van der Waals surface area contributed by atoms with E-state index in [-0.39, 0.29) is 12.0 Å². The van der Waals surface area contributed by atoms with Crippen LogP contribution in [-0.4, -0.2) is 17.2 Å². The van der Waals surface area contributed by atoms with Crippen molar-refractivity contribution in [1.29, 1.82) is 0 Å². The van der Waals surface area contributed by atoms with Gasteiger partial charge in [0.15, 0.2) is 0 Å². The van der Waals surface area contributed by atoms with Crippen molar-refractivity contribution in [1.82, 2.24) is 0 Å².